The van der Waals surface area contributed by atoms with Gasteiger partial charge in [-0.05, 0) is 30.3 Å². The highest BCUT2D eigenvalue weighted by molar-refractivity contribution is 6.44. The van der Waals surface area contributed by atoms with Crippen molar-refractivity contribution in [3.05, 3.63) is 81.5 Å². The van der Waals surface area contributed by atoms with Crippen molar-refractivity contribution in [1.29, 1.82) is 0 Å². The number of carbonyl (C=O) groups excluding carboxylic acids is 2. The molecule has 0 atom stereocenters. The third-order valence-electron chi connectivity index (χ3n) is 5.53. The van der Waals surface area contributed by atoms with Gasteiger partial charge >= 0.3 is 0 Å². The van der Waals surface area contributed by atoms with Crippen molar-refractivity contribution >= 4 is 46.5 Å². The summed E-state index contributed by atoms with van der Waals surface area (Å²) in [7, 11) is 1.57. The van der Waals surface area contributed by atoms with Gasteiger partial charge in [0.15, 0.2) is 0 Å². The van der Waals surface area contributed by atoms with Gasteiger partial charge in [0.1, 0.15) is 11.6 Å². The summed E-state index contributed by atoms with van der Waals surface area (Å²) in [6, 6.07) is 13.8. The highest BCUT2D eigenvalue weighted by atomic mass is 35.5. The van der Waals surface area contributed by atoms with Gasteiger partial charge in [-0.25, -0.2) is 4.98 Å². The summed E-state index contributed by atoms with van der Waals surface area (Å²) in [5.41, 5.74) is 2.03. The van der Waals surface area contributed by atoms with E-state index in [-0.39, 0.29) is 27.7 Å². The van der Waals surface area contributed by atoms with E-state index in [9.17, 15) is 9.59 Å². The first-order valence-electron chi connectivity index (χ1n) is 11.0. The van der Waals surface area contributed by atoms with Crippen LogP contribution in [0.25, 0.3) is 0 Å². The normalized spacial score (nSPS) is 13.3. The number of amides is 2. The number of nitrogens with zero attached hydrogens (tertiary/aromatic N) is 2. The van der Waals surface area contributed by atoms with Gasteiger partial charge in [-0.15, -0.1) is 0 Å². The van der Waals surface area contributed by atoms with E-state index in [1.807, 2.05) is 30.3 Å². The van der Waals surface area contributed by atoms with Crippen molar-refractivity contribution in [3.63, 3.8) is 0 Å². The lowest BCUT2D eigenvalue weighted by molar-refractivity contribution is 0.0950. The molecule has 1 saturated heterocycles. The van der Waals surface area contributed by atoms with Crippen molar-refractivity contribution in [1.82, 2.24) is 10.3 Å². The Morgan fingerprint density at radius 1 is 1.09 bits per heavy atom. The Labute approximate surface area is 213 Å². The lowest BCUT2D eigenvalue weighted by Gasteiger charge is -2.28. The lowest BCUT2D eigenvalue weighted by atomic mass is 10.1. The van der Waals surface area contributed by atoms with E-state index in [0.717, 1.165) is 24.3 Å². The molecular weight excluding hydrogens is 491 g/mol. The number of nitrogens with one attached hydrogen (secondary N) is 2. The Kier molecular flexibility index (Phi) is 8.07. The van der Waals surface area contributed by atoms with Crippen LogP contribution in [0.3, 0.4) is 0 Å². The number of rotatable bonds is 7. The molecule has 10 heteroatoms. The van der Waals surface area contributed by atoms with E-state index in [4.69, 9.17) is 32.7 Å². The third kappa shape index (κ3) is 6.03. The number of pyridine rings is 1. The second-order valence-electron chi connectivity index (χ2n) is 7.77. The summed E-state index contributed by atoms with van der Waals surface area (Å²) in [6.07, 6.45) is 1.69. The van der Waals surface area contributed by atoms with Gasteiger partial charge < -0.3 is 25.0 Å². The van der Waals surface area contributed by atoms with Crippen molar-refractivity contribution in [2.45, 2.75) is 6.54 Å². The van der Waals surface area contributed by atoms with Gasteiger partial charge in [-0.1, -0.05) is 41.4 Å². The summed E-state index contributed by atoms with van der Waals surface area (Å²) in [5, 5.41) is 5.67. The summed E-state index contributed by atoms with van der Waals surface area (Å²) in [6.45, 7) is 3.14. The number of methoxy groups -OCH3 is 1. The molecule has 2 N–H and O–H groups in total. The van der Waals surface area contributed by atoms with Gasteiger partial charge in [0.05, 0.1) is 47.8 Å². The molecule has 0 bridgehead atoms. The number of para-hydroxylation sites is 1. The molecule has 2 aromatic carbocycles. The van der Waals surface area contributed by atoms with Gasteiger partial charge in [0, 0.05) is 30.8 Å². The van der Waals surface area contributed by atoms with Crippen LogP contribution in [-0.2, 0) is 11.3 Å². The maximum Gasteiger partial charge on any atom is 0.258 e. The lowest BCUT2D eigenvalue weighted by Crippen LogP contribution is -2.36. The van der Waals surface area contributed by atoms with Gasteiger partial charge in [-0.3, -0.25) is 9.59 Å². The summed E-state index contributed by atoms with van der Waals surface area (Å²) in [4.78, 5) is 32.2. The zero-order chi connectivity index (χ0) is 24.8. The van der Waals surface area contributed by atoms with Crippen LogP contribution in [0.5, 0.6) is 5.75 Å². The van der Waals surface area contributed by atoms with Crippen LogP contribution in [0.15, 0.2) is 54.7 Å². The standard InChI is InChI=1S/C25H24Cl2N4O4/c1-34-21-5-3-2-4-16(21)14-29-24(32)17-12-19(23(27)20(26)13-17)25(33)30-22-7-6-18(15-28-22)31-8-10-35-11-9-31/h2-7,12-13,15H,8-11,14H2,1H3,(H,29,32)(H,28,30,33). The van der Waals surface area contributed by atoms with E-state index in [1.54, 1.807) is 19.4 Å². The number of benzene rings is 2. The minimum Gasteiger partial charge on any atom is -0.496 e. The van der Waals surface area contributed by atoms with Crippen molar-refractivity contribution in [2.24, 2.45) is 0 Å². The molecule has 0 aliphatic carbocycles. The first-order valence-corrected chi connectivity index (χ1v) is 11.7. The van der Waals surface area contributed by atoms with Crippen LogP contribution in [0, 0.1) is 0 Å². The average Bonchev–Trinajstić information content (AvgIpc) is 2.89. The second-order valence-corrected chi connectivity index (χ2v) is 8.55. The molecule has 1 aromatic heterocycles. The number of halogens is 2. The minimum absolute atomic E-state index is 0.0513. The molecule has 0 radical (unpaired) electrons. The van der Waals surface area contributed by atoms with E-state index in [2.05, 4.69) is 20.5 Å². The number of morpholine rings is 1. The van der Waals surface area contributed by atoms with Crippen molar-refractivity contribution in [2.75, 3.05) is 43.6 Å². The van der Waals surface area contributed by atoms with E-state index in [0.29, 0.717) is 24.8 Å². The zero-order valence-corrected chi connectivity index (χ0v) is 20.5. The van der Waals surface area contributed by atoms with Crippen LogP contribution in [-0.4, -0.2) is 50.2 Å². The predicted molar refractivity (Wildman–Crippen MR) is 136 cm³/mol. The Balaban J connectivity index is 1.46. The summed E-state index contributed by atoms with van der Waals surface area (Å²) >= 11 is 12.5. The van der Waals surface area contributed by atoms with Gasteiger partial charge in [-0.2, -0.15) is 0 Å². The maximum atomic E-state index is 12.9. The molecular formula is C25H24Cl2N4O4. The monoisotopic (exact) mass is 514 g/mol. The Hall–Kier alpha value is -3.33. The molecule has 1 aliphatic heterocycles. The molecule has 1 aliphatic rings. The Bertz CT molecular complexity index is 1210. The smallest absolute Gasteiger partial charge is 0.258 e. The molecule has 182 valence electrons. The molecule has 4 rings (SSSR count). The van der Waals surface area contributed by atoms with E-state index >= 15 is 0 Å². The number of anilines is 2. The van der Waals surface area contributed by atoms with Crippen LogP contribution in [0.1, 0.15) is 26.3 Å². The molecule has 3 aromatic rings. The Morgan fingerprint density at radius 2 is 1.86 bits per heavy atom. The highest BCUT2D eigenvalue weighted by Gasteiger charge is 2.19. The largest absolute Gasteiger partial charge is 0.496 e. The predicted octanol–water partition coefficient (Wildman–Crippen LogP) is 4.42. The van der Waals surface area contributed by atoms with Crippen molar-refractivity contribution < 1.29 is 19.1 Å². The average molecular weight is 515 g/mol. The number of aromatic nitrogens is 1. The van der Waals surface area contributed by atoms with Crippen LogP contribution < -0.4 is 20.3 Å². The molecule has 0 saturated carbocycles. The van der Waals surface area contributed by atoms with Gasteiger partial charge in [0.2, 0.25) is 0 Å². The molecule has 0 spiro atoms. The minimum atomic E-state index is -0.525. The zero-order valence-electron chi connectivity index (χ0n) is 19.0. The summed E-state index contributed by atoms with van der Waals surface area (Å²) < 4.78 is 10.7. The molecule has 2 heterocycles. The second kappa shape index (κ2) is 11.4. The van der Waals surface area contributed by atoms with E-state index in [1.165, 1.54) is 12.1 Å². The number of hydrogen-bond donors (Lipinski definition) is 2. The SMILES string of the molecule is COc1ccccc1CNC(=O)c1cc(Cl)c(Cl)c(C(=O)Nc2ccc(N3CCOCC3)cn2)c1. The number of ether oxygens (including phenoxy) is 2. The van der Waals surface area contributed by atoms with Crippen LogP contribution in [0.4, 0.5) is 11.5 Å². The first-order chi connectivity index (χ1) is 17.0. The van der Waals surface area contributed by atoms with Crippen LogP contribution in [0.2, 0.25) is 10.0 Å². The third-order valence-corrected chi connectivity index (χ3v) is 6.33. The van der Waals surface area contributed by atoms with Crippen molar-refractivity contribution in [3.8, 4) is 5.75 Å². The van der Waals surface area contributed by atoms with Gasteiger partial charge in [0.25, 0.3) is 11.8 Å². The summed E-state index contributed by atoms with van der Waals surface area (Å²) in [5.74, 6) is 0.0822. The highest BCUT2D eigenvalue weighted by Crippen LogP contribution is 2.29. The molecule has 0 unspecified atom stereocenters. The molecule has 8 nitrogen and oxygen atoms in total. The van der Waals surface area contributed by atoms with Crippen LogP contribution >= 0.6 is 23.2 Å². The molecule has 2 amide bonds. The fourth-order valence-corrected chi connectivity index (χ4v) is 4.08. The van der Waals surface area contributed by atoms with E-state index < -0.39 is 11.8 Å². The number of hydrogen-bond acceptors (Lipinski definition) is 6. The fraction of sp³-hybridized carbons (Fsp3) is 0.240. The quantitative estimate of drug-likeness (QED) is 0.484. The number of carbonyl (C=O) groups is 2. The molecule has 35 heavy (non-hydrogen) atoms. The first kappa shape index (κ1) is 24.8. The topological polar surface area (TPSA) is 92.8 Å². The Morgan fingerprint density at radius 3 is 2.57 bits per heavy atom. The molecule has 1 fully saturated rings. The fourth-order valence-electron chi connectivity index (χ4n) is 3.66. The maximum absolute atomic E-state index is 12.9.